The maximum Gasteiger partial charge on any atom is 0.472 e. The zero-order valence-electron chi connectivity index (χ0n) is 22.9. The summed E-state index contributed by atoms with van der Waals surface area (Å²) in [5.41, 5.74) is 2.57. The molecule has 0 bridgehead atoms. The van der Waals surface area contributed by atoms with Crippen LogP contribution in [0, 0.1) is 5.41 Å². The maximum atomic E-state index is 13.0. The molecule has 0 spiro atoms. The highest BCUT2D eigenvalue weighted by Gasteiger charge is 2.42. The van der Waals surface area contributed by atoms with E-state index >= 15 is 0 Å². The number of allylic oxidation sites excluding steroid dienone is 11. The van der Waals surface area contributed by atoms with E-state index in [4.69, 9.17) is 9.05 Å². The fourth-order valence-electron chi connectivity index (χ4n) is 4.07. The van der Waals surface area contributed by atoms with E-state index in [9.17, 15) is 34.4 Å². The van der Waals surface area contributed by atoms with Crippen LogP contribution in [-0.2, 0) is 27.9 Å². The molecule has 0 radical (unpaired) electrons. The Labute approximate surface area is 228 Å². The Morgan fingerprint density at radius 1 is 1.18 bits per heavy atom. The number of carbonyl (C=O) groups excluding carboxylic acids is 2. The highest BCUT2D eigenvalue weighted by molar-refractivity contribution is 7.47. The summed E-state index contributed by atoms with van der Waals surface area (Å²) < 4.78 is 26.9. The number of rotatable bonds is 11. The average molecular weight is 564 g/mol. The van der Waals surface area contributed by atoms with Crippen LogP contribution < -0.4 is 5.11 Å². The number of cyclic esters (lactones) is 1. The van der Waals surface area contributed by atoms with E-state index in [0.717, 1.165) is 16.7 Å². The summed E-state index contributed by atoms with van der Waals surface area (Å²) in [6, 6.07) is 0. The van der Waals surface area contributed by atoms with Crippen molar-refractivity contribution in [2.75, 3.05) is 6.61 Å². The fourth-order valence-corrected chi connectivity index (χ4v) is 4.96. The number of carbonyl (C=O) groups is 2. The van der Waals surface area contributed by atoms with Gasteiger partial charge in [-0.15, -0.1) is 0 Å². The molecular weight excluding hydrogens is 527 g/mol. The molecule has 39 heavy (non-hydrogen) atoms. The first-order valence-electron chi connectivity index (χ1n) is 12.3. The molecule has 1 aliphatic heterocycles. The number of hydrogen-bond acceptors (Lipinski definition) is 9. The number of aliphatic hydroxyl groups is 2. The second kappa shape index (κ2) is 13.4. The molecule has 0 aromatic carbocycles. The first-order valence-corrected chi connectivity index (χ1v) is 13.8. The highest BCUT2D eigenvalue weighted by atomic mass is 31.2. The second-order valence-electron chi connectivity index (χ2n) is 9.99. The van der Waals surface area contributed by atoms with Gasteiger partial charge in [-0.2, -0.15) is 0 Å². The third-order valence-electron chi connectivity index (χ3n) is 6.21. The van der Waals surface area contributed by atoms with E-state index in [1.54, 1.807) is 6.92 Å². The summed E-state index contributed by atoms with van der Waals surface area (Å²) in [5, 5.41) is 31.1. The van der Waals surface area contributed by atoms with Crippen molar-refractivity contribution in [1.29, 1.82) is 0 Å². The Kier molecular flexibility index (Phi) is 11.0. The van der Waals surface area contributed by atoms with Crippen LogP contribution in [0.25, 0.3) is 0 Å². The number of esters is 1. The van der Waals surface area contributed by atoms with Crippen molar-refractivity contribution in [2.24, 2.45) is 5.41 Å². The fraction of sp³-hybridized carbons (Fsp3) is 0.429. The minimum absolute atomic E-state index is 0.0762. The van der Waals surface area contributed by atoms with Crippen molar-refractivity contribution < 1.29 is 48.2 Å². The van der Waals surface area contributed by atoms with Crippen LogP contribution in [0.2, 0.25) is 0 Å². The van der Waals surface area contributed by atoms with Crippen LogP contribution in [-0.4, -0.2) is 51.8 Å². The summed E-state index contributed by atoms with van der Waals surface area (Å²) >= 11 is 0. The summed E-state index contributed by atoms with van der Waals surface area (Å²) in [7, 11) is -4.89. The Bertz CT molecular complexity index is 1230. The van der Waals surface area contributed by atoms with Crippen LogP contribution in [0.1, 0.15) is 48.0 Å². The minimum Gasteiger partial charge on any atom is -0.847 e. The van der Waals surface area contributed by atoms with Gasteiger partial charge in [0.25, 0.3) is 0 Å². The van der Waals surface area contributed by atoms with Crippen molar-refractivity contribution in [2.45, 2.75) is 66.3 Å². The Morgan fingerprint density at radius 2 is 1.79 bits per heavy atom. The first kappa shape index (κ1) is 32.2. The summed E-state index contributed by atoms with van der Waals surface area (Å²) in [5.74, 6) is -3.88. The van der Waals surface area contributed by atoms with Crippen LogP contribution >= 0.6 is 7.82 Å². The normalized spacial score (nSPS) is 25.3. The van der Waals surface area contributed by atoms with Gasteiger partial charge in [0, 0.05) is 0 Å². The number of aliphatic hydroxyl groups excluding tert-OH is 2. The zero-order chi connectivity index (χ0) is 29.5. The highest BCUT2D eigenvalue weighted by Crippen LogP contribution is 2.49. The van der Waals surface area contributed by atoms with Crippen molar-refractivity contribution in [3.63, 3.8) is 0 Å². The molecule has 214 valence electrons. The van der Waals surface area contributed by atoms with Gasteiger partial charge in [-0.1, -0.05) is 79.7 Å². The van der Waals surface area contributed by atoms with Gasteiger partial charge >= 0.3 is 13.8 Å². The van der Waals surface area contributed by atoms with Crippen LogP contribution in [0.4, 0.5) is 0 Å². The van der Waals surface area contributed by atoms with Gasteiger partial charge in [0.05, 0.1) is 6.61 Å². The van der Waals surface area contributed by atoms with E-state index in [0.29, 0.717) is 5.57 Å². The molecule has 0 aromatic rings. The van der Waals surface area contributed by atoms with Gasteiger partial charge in [0.1, 0.15) is 6.10 Å². The first-order chi connectivity index (χ1) is 18.1. The van der Waals surface area contributed by atoms with E-state index in [-0.39, 0.29) is 6.42 Å². The standard InChI is InChI=1S/C28H36O10P/c1-7-8-10-17(2)11-9-12-18(3)13-14-20-19(4)23(30)22(15-28(20,5)6)38-39(34,35)36-16-21(29)26-24(31)25(32)27(33)37-26/h7-14,21-22,26,31-32H,15-16H2,1-6H3,(H,34,35)/q-1/b8-7+,11-9+,14-13+,17-10+,18-12+/t21-,22?,26+/m0/s1. The maximum absolute atomic E-state index is 13.0. The number of Topliss-reactive ketones (excluding diaryl/α,β-unsaturated/α-hetero) is 1. The predicted molar refractivity (Wildman–Crippen MR) is 143 cm³/mol. The molecule has 0 saturated heterocycles. The molecule has 0 fully saturated rings. The number of hydrogen-bond donors (Lipinski definition) is 3. The van der Waals surface area contributed by atoms with Crippen molar-refractivity contribution in [1.82, 2.24) is 0 Å². The summed E-state index contributed by atoms with van der Waals surface area (Å²) in [6.07, 6.45) is 10.4. The molecule has 0 amide bonds. The van der Waals surface area contributed by atoms with Gasteiger partial charge in [0.15, 0.2) is 17.6 Å². The zero-order valence-corrected chi connectivity index (χ0v) is 23.8. The lowest BCUT2D eigenvalue weighted by molar-refractivity contribution is -0.438. The smallest absolute Gasteiger partial charge is 0.472 e. The molecule has 10 nitrogen and oxygen atoms in total. The van der Waals surface area contributed by atoms with Gasteiger partial charge in [-0.3, -0.25) is 13.8 Å². The monoisotopic (exact) mass is 563 g/mol. The molecule has 4 atom stereocenters. The van der Waals surface area contributed by atoms with E-state index < -0.39 is 61.4 Å². The third kappa shape index (κ3) is 8.74. The van der Waals surface area contributed by atoms with Crippen molar-refractivity contribution in [3.8, 4) is 0 Å². The molecule has 1 aliphatic carbocycles. The SMILES string of the molecule is C/C=C/C=C(C)/C=C/C=C(C)/C=C/C1=C(C)C(=O)C(OP(=O)(O)OC[C@H]([O-])[C@H]2OC(=O)C(O)=C2O)CC1(C)C. The number of phosphoric acid groups is 1. The summed E-state index contributed by atoms with van der Waals surface area (Å²) in [6.45, 7) is 10.2. The third-order valence-corrected chi connectivity index (χ3v) is 7.21. The minimum atomic E-state index is -4.89. The van der Waals surface area contributed by atoms with Gasteiger partial charge in [-0.25, -0.2) is 9.36 Å². The quantitative estimate of drug-likeness (QED) is 0.187. The molecule has 2 rings (SSSR count). The van der Waals surface area contributed by atoms with Crippen molar-refractivity contribution in [3.05, 3.63) is 82.4 Å². The van der Waals surface area contributed by atoms with Gasteiger partial charge < -0.3 is 24.9 Å². The topological polar surface area (TPSA) is 163 Å². The number of phosphoric ester groups is 1. The molecule has 1 heterocycles. The van der Waals surface area contributed by atoms with E-state index in [2.05, 4.69) is 4.74 Å². The summed E-state index contributed by atoms with van der Waals surface area (Å²) in [4.78, 5) is 34.4. The lowest BCUT2D eigenvalue weighted by Crippen LogP contribution is -2.43. The van der Waals surface area contributed by atoms with Crippen LogP contribution in [0.15, 0.2) is 82.4 Å². The molecule has 0 aromatic heterocycles. The predicted octanol–water partition coefficient (Wildman–Crippen LogP) is 4.37. The van der Waals surface area contributed by atoms with Crippen LogP contribution in [0.5, 0.6) is 0 Å². The van der Waals surface area contributed by atoms with E-state index in [1.165, 1.54) is 0 Å². The number of ether oxygens (including phenoxy) is 1. The van der Waals surface area contributed by atoms with Gasteiger partial charge in [0.2, 0.25) is 5.76 Å². The molecule has 11 heteroatoms. The van der Waals surface area contributed by atoms with Crippen molar-refractivity contribution >= 4 is 19.6 Å². The molecule has 2 unspecified atom stereocenters. The second-order valence-corrected chi connectivity index (χ2v) is 11.4. The Balaban J connectivity index is 2.09. The van der Waals surface area contributed by atoms with E-state index in [1.807, 2.05) is 83.2 Å². The van der Waals surface area contributed by atoms with Crippen LogP contribution in [0.3, 0.4) is 0 Å². The lowest BCUT2D eigenvalue weighted by atomic mass is 9.71. The largest absolute Gasteiger partial charge is 0.847 e. The molecule has 2 aliphatic rings. The molecular formula is C28H36O10P-. The molecule has 3 N–H and O–H groups in total. The Morgan fingerprint density at radius 3 is 2.38 bits per heavy atom. The average Bonchev–Trinajstić information content (AvgIpc) is 3.11. The molecule has 0 saturated carbocycles. The lowest BCUT2D eigenvalue weighted by Gasteiger charge is -2.37. The van der Waals surface area contributed by atoms with Gasteiger partial charge in [-0.05, 0) is 50.7 Å². The Hall–Kier alpha value is -3.01. The number of ketones is 1.